The van der Waals surface area contributed by atoms with Crippen LogP contribution >= 0.6 is 0 Å². The van der Waals surface area contributed by atoms with Crippen LogP contribution in [-0.2, 0) is 0 Å². The molecule has 0 atom stereocenters. The molecule has 4 rings (SSSR count). The van der Waals surface area contributed by atoms with E-state index in [1.165, 1.54) is 4.90 Å². The van der Waals surface area contributed by atoms with Gasteiger partial charge in [-0.1, -0.05) is 13.8 Å². The average molecular weight is 408 g/mol. The molecule has 158 valence electrons. The molecule has 2 heterocycles. The number of carbonyl (C=O) groups is 2. The highest BCUT2D eigenvalue weighted by molar-refractivity contribution is 6.26. The van der Waals surface area contributed by atoms with Gasteiger partial charge in [0, 0.05) is 22.9 Å². The van der Waals surface area contributed by atoms with E-state index in [1.54, 1.807) is 7.11 Å². The van der Waals surface area contributed by atoms with Crippen molar-refractivity contribution in [1.29, 1.82) is 0 Å². The molecule has 6 heteroatoms. The maximum absolute atomic E-state index is 13.3. The number of furan rings is 1. The number of ether oxygens (including phenoxy) is 1. The molecule has 0 saturated heterocycles. The lowest BCUT2D eigenvalue weighted by Gasteiger charge is -2.20. The van der Waals surface area contributed by atoms with Gasteiger partial charge in [0.2, 0.25) is 0 Å². The van der Waals surface area contributed by atoms with Gasteiger partial charge in [-0.05, 0) is 63.7 Å². The van der Waals surface area contributed by atoms with Crippen molar-refractivity contribution in [1.82, 2.24) is 9.80 Å². The first-order chi connectivity index (χ1) is 14.4. The van der Waals surface area contributed by atoms with E-state index in [-0.39, 0.29) is 11.8 Å². The Morgan fingerprint density at radius 3 is 2.33 bits per heavy atom. The van der Waals surface area contributed by atoms with Crippen LogP contribution in [0.4, 0.5) is 0 Å². The third-order valence-corrected chi connectivity index (χ3v) is 6.28. The number of methoxy groups -OCH3 is 1. The van der Waals surface area contributed by atoms with Gasteiger partial charge < -0.3 is 14.1 Å². The Morgan fingerprint density at radius 2 is 1.70 bits per heavy atom. The summed E-state index contributed by atoms with van der Waals surface area (Å²) in [5, 5.41) is 1.78. The summed E-state index contributed by atoms with van der Waals surface area (Å²) in [6.45, 7) is 11.2. The van der Waals surface area contributed by atoms with Gasteiger partial charge in [-0.3, -0.25) is 14.5 Å². The zero-order valence-electron chi connectivity index (χ0n) is 18.3. The first kappa shape index (κ1) is 20.4. The summed E-state index contributed by atoms with van der Waals surface area (Å²) in [7, 11) is 1.62. The number of hydrogen-bond acceptors (Lipinski definition) is 5. The minimum Gasteiger partial charge on any atom is -0.497 e. The second-order valence-corrected chi connectivity index (χ2v) is 7.81. The molecular weight excluding hydrogens is 380 g/mol. The monoisotopic (exact) mass is 408 g/mol. The second kappa shape index (κ2) is 7.76. The molecule has 0 bridgehead atoms. The zero-order chi connectivity index (χ0) is 21.6. The van der Waals surface area contributed by atoms with Crippen molar-refractivity contribution in [2.45, 2.75) is 34.1 Å². The molecular formula is C24H28N2O4. The van der Waals surface area contributed by atoms with Crippen LogP contribution in [0.2, 0.25) is 0 Å². The normalized spacial score (nSPS) is 13.9. The smallest absolute Gasteiger partial charge is 0.261 e. The van der Waals surface area contributed by atoms with Crippen LogP contribution in [-0.4, -0.2) is 54.9 Å². The van der Waals surface area contributed by atoms with Crippen LogP contribution in [0.3, 0.4) is 0 Å². The van der Waals surface area contributed by atoms with Crippen molar-refractivity contribution in [3.8, 4) is 5.75 Å². The predicted molar refractivity (Wildman–Crippen MR) is 118 cm³/mol. The number of aryl methyl sites for hydroxylation is 2. The highest BCUT2D eigenvalue weighted by Crippen LogP contribution is 2.41. The van der Waals surface area contributed by atoms with Gasteiger partial charge in [-0.15, -0.1) is 0 Å². The van der Waals surface area contributed by atoms with Crippen LogP contribution in [0, 0.1) is 13.8 Å². The van der Waals surface area contributed by atoms with Gasteiger partial charge >= 0.3 is 0 Å². The SMILES string of the molecule is CCN(CC)CCCN1C(=O)c2c(c(C)c3c(oc4ccc(OC)cc43)c2C)C1=O. The van der Waals surface area contributed by atoms with Gasteiger partial charge in [0.05, 0.1) is 18.2 Å². The molecule has 2 aromatic carbocycles. The maximum Gasteiger partial charge on any atom is 0.261 e. The quantitative estimate of drug-likeness (QED) is 0.537. The van der Waals surface area contributed by atoms with Crippen molar-refractivity contribution < 1.29 is 18.7 Å². The number of hydrogen-bond donors (Lipinski definition) is 0. The van der Waals surface area contributed by atoms with Crippen molar-refractivity contribution in [2.75, 3.05) is 33.3 Å². The lowest BCUT2D eigenvalue weighted by atomic mass is 9.94. The van der Waals surface area contributed by atoms with Gasteiger partial charge in [-0.2, -0.15) is 0 Å². The number of nitrogens with zero attached hydrogens (tertiary/aromatic N) is 2. The number of carbonyl (C=O) groups excluding carboxylic acids is 2. The van der Waals surface area contributed by atoms with Crippen LogP contribution in [0.25, 0.3) is 21.9 Å². The van der Waals surface area contributed by atoms with E-state index in [2.05, 4.69) is 18.7 Å². The minimum atomic E-state index is -0.213. The number of imide groups is 1. The average Bonchev–Trinajstić information content (AvgIpc) is 3.25. The Kier molecular flexibility index (Phi) is 5.28. The van der Waals surface area contributed by atoms with E-state index in [0.717, 1.165) is 59.3 Å². The number of amides is 2. The van der Waals surface area contributed by atoms with Crippen molar-refractivity contribution >= 4 is 33.8 Å². The predicted octanol–water partition coefficient (Wildman–Crippen LogP) is 4.54. The Labute approximate surface area is 176 Å². The van der Waals surface area contributed by atoms with E-state index in [1.807, 2.05) is 32.0 Å². The first-order valence-corrected chi connectivity index (χ1v) is 10.5. The third-order valence-electron chi connectivity index (χ3n) is 6.28. The topological polar surface area (TPSA) is 63.0 Å². The highest BCUT2D eigenvalue weighted by Gasteiger charge is 2.40. The molecule has 0 unspecified atom stereocenters. The van der Waals surface area contributed by atoms with Gasteiger partial charge in [0.25, 0.3) is 11.8 Å². The molecule has 0 fully saturated rings. The standard InChI is InChI=1S/C24H28N2O4/c1-6-25(7-2)11-8-12-26-23(27)20-14(3)19-17-13-16(29-5)9-10-18(17)30-22(19)15(4)21(20)24(26)28/h9-10,13H,6-8,11-12H2,1-5H3. The molecule has 30 heavy (non-hydrogen) atoms. The largest absolute Gasteiger partial charge is 0.497 e. The summed E-state index contributed by atoms with van der Waals surface area (Å²) >= 11 is 0. The molecule has 0 spiro atoms. The maximum atomic E-state index is 13.3. The number of rotatable bonds is 7. The third kappa shape index (κ3) is 2.98. The van der Waals surface area contributed by atoms with E-state index < -0.39 is 0 Å². The fraction of sp³-hybridized carbons (Fsp3) is 0.417. The molecule has 0 N–H and O–H groups in total. The fourth-order valence-corrected chi connectivity index (χ4v) is 4.55. The van der Waals surface area contributed by atoms with E-state index in [0.29, 0.717) is 23.3 Å². The van der Waals surface area contributed by atoms with Gasteiger partial charge in [0.1, 0.15) is 16.9 Å². The molecule has 1 aliphatic rings. The Hall–Kier alpha value is -2.86. The zero-order valence-corrected chi connectivity index (χ0v) is 18.3. The summed E-state index contributed by atoms with van der Waals surface area (Å²) in [5.41, 5.74) is 3.90. The summed E-state index contributed by atoms with van der Waals surface area (Å²) in [5.74, 6) is 0.313. The van der Waals surface area contributed by atoms with Crippen LogP contribution in [0.15, 0.2) is 22.6 Å². The second-order valence-electron chi connectivity index (χ2n) is 7.81. The first-order valence-electron chi connectivity index (χ1n) is 10.5. The van der Waals surface area contributed by atoms with Gasteiger partial charge in [0.15, 0.2) is 0 Å². The summed E-state index contributed by atoms with van der Waals surface area (Å²) in [6.07, 6.45) is 0.765. The van der Waals surface area contributed by atoms with Crippen molar-refractivity contribution in [2.24, 2.45) is 0 Å². The molecule has 0 aliphatic carbocycles. The highest BCUT2D eigenvalue weighted by atomic mass is 16.5. The lowest BCUT2D eigenvalue weighted by molar-refractivity contribution is 0.0647. The Balaban J connectivity index is 1.77. The molecule has 6 nitrogen and oxygen atoms in total. The molecule has 0 saturated carbocycles. The Morgan fingerprint density at radius 1 is 1.03 bits per heavy atom. The molecule has 3 aromatic rings. The van der Waals surface area contributed by atoms with Crippen molar-refractivity contribution in [3.63, 3.8) is 0 Å². The fourth-order valence-electron chi connectivity index (χ4n) is 4.55. The minimum absolute atomic E-state index is 0.200. The van der Waals surface area contributed by atoms with Gasteiger partial charge in [-0.25, -0.2) is 0 Å². The van der Waals surface area contributed by atoms with E-state index in [4.69, 9.17) is 9.15 Å². The summed E-state index contributed by atoms with van der Waals surface area (Å²) in [4.78, 5) is 30.1. The van der Waals surface area contributed by atoms with E-state index in [9.17, 15) is 9.59 Å². The van der Waals surface area contributed by atoms with Crippen molar-refractivity contribution in [3.05, 3.63) is 40.5 Å². The van der Waals surface area contributed by atoms with Crippen LogP contribution < -0.4 is 4.74 Å². The number of benzene rings is 2. The number of fused-ring (bicyclic) bond motifs is 4. The van der Waals surface area contributed by atoms with Crippen LogP contribution in [0.1, 0.15) is 52.1 Å². The molecule has 2 amide bonds. The van der Waals surface area contributed by atoms with Crippen LogP contribution in [0.5, 0.6) is 5.75 Å². The summed E-state index contributed by atoms with van der Waals surface area (Å²) in [6, 6.07) is 5.63. The Bertz CT molecular complexity index is 1160. The lowest BCUT2D eigenvalue weighted by Crippen LogP contribution is -2.33. The molecule has 1 aromatic heterocycles. The summed E-state index contributed by atoms with van der Waals surface area (Å²) < 4.78 is 11.5. The van der Waals surface area contributed by atoms with E-state index >= 15 is 0 Å². The molecule has 1 aliphatic heterocycles. The molecule has 0 radical (unpaired) electrons.